The van der Waals surface area contributed by atoms with Crippen molar-refractivity contribution in [3.63, 3.8) is 0 Å². The van der Waals surface area contributed by atoms with Crippen molar-refractivity contribution in [3.8, 4) is 0 Å². The van der Waals surface area contributed by atoms with Crippen molar-refractivity contribution in [1.82, 2.24) is 10.2 Å². The molecule has 21 heavy (non-hydrogen) atoms. The van der Waals surface area contributed by atoms with Crippen molar-refractivity contribution in [3.05, 3.63) is 35.1 Å². The Morgan fingerprint density at radius 3 is 1.90 bits per heavy atom. The number of alkyl halides is 3. The van der Waals surface area contributed by atoms with Gasteiger partial charge in [-0.1, -0.05) is 0 Å². The average molecular weight is 335 g/mol. The number of hydrogen-bond acceptors (Lipinski definition) is 2. The molecule has 1 aromatic carbocycles. The highest BCUT2D eigenvalue weighted by Crippen LogP contribution is 2.40. The molecule has 1 heterocycles. The van der Waals surface area contributed by atoms with E-state index in [1.807, 2.05) is 0 Å². The molecule has 2 nitrogen and oxygen atoms in total. The van der Waals surface area contributed by atoms with E-state index in [2.05, 4.69) is 5.32 Å². The van der Waals surface area contributed by atoms with Gasteiger partial charge in [0.25, 0.3) is 0 Å². The summed E-state index contributed by atoms with van der Waals surface area (Å²) in [6, 6.07) is -1.89. The Bertz CT molecular complexity index is 464. The van der Waals surface area contributed by atoms with Gasteiger partial charge >= 0.3 is 6.18 Å². The van der Waals surface area contributed by atoms with Crippen molar-refractivity contribution in [2.45, 2.75) is 12.2 Å². The molecule has 1 atom stereocenters. The van der Waals surface area contributed by atoms with Crippen molar-refractivity contribution in [2.75, 3.05) is 26.2 Å². The zero-order valence-electron chi connectivity index (χ0n) is 10.7. The number of piperazine rings is 1. The predicted molar refractivity (Wildman–Crippen MR) is 66.8 cm³/mol. The largest absolute Gasteiger partial charge is 0.408 e. The van der Waals surface area contributed by atoms with Crippen LogP contribution < -0.4 is 5.32 Å². The molecular formula is C12H13ClF6N2. The maximum absolute atomic E-state index is 13.6. The van der Waals surface area contributed by atoms with E-state index in [0.29, 0.717) is 0 Å². The molecule has 0 aliphatic carbocycles. The minimum atomic E-state index is -4.85. The molecule has 120 valence electrons. The molecule has 1 fully saturated rings. The van der Waals surface area contributed by atoms with Gasteiger partial charge in [-0.25, -0.2) is 13.2 Å². The van der Waals surface area contributed by atoms with Gasteiger partial charge in [-0.2, -0.15) is 13.2 Å². The standard InChI is InChI=1S/C12H12F6N2.ClH/c13-7-5-8(14)10(9(15)6-7)11(12(16,17)18)20-3-1-19-2-4-20;/h5-6,11,19H,1-4H2;1H/t11-;/m0./s1. The highest BCUT2D eigenvalue weighted by molar-refractivity contribution is 5.85. The summed E-state index contributed by atoms with van der Waals surface area (Å²) >= 11 is 0. The topological polar surface area (TPSA) is 15.3 Å². The van der Waals surface area contributed by atoms with Crippen molar-refractivity contribution in [1.29, 1.82) is 0 Å². The molecule has 0 amide bonds. The van der Waals surface area contributed by atoms with Gasteiger partial charge in [0.1, 0.15) is 23.5 Å². The Morgan fingerprint density at radius 1 is 1.00 bits per heavy atom. The van der Waals surface area contributed by atoms with Crippen LogP contribution in [0.25, 0.3) is 0 Å². The molecule has 2 rings (SSSR count). The second-order valence-electron chi connectivity index (χ2n) is 4.51. The summed E-state index contributed by atoms with van der Waals surface area (Å²) in [5.74, 6) is -4.29. The maximum Gasteiger partial charge on any atom is 0.408 e. The van der Waals surface area contributed by atoms with E-state index in [1.54, 1.807) is 0 Å². The Hall–Kier alpha value is -0.990. The molecule has 1 N–H and O–H groups in total. The monoisotopic (exact) mass is 334 g/mol. The summed E-state index contributed by atoms with van der Waals surface area (Å²) in [6.07, 6.45) is -4.85. The van der Waals surface area contributed by atoms with Crippen LogP contribution in [0, 0.1) is 17.5 Å². The number of nitrogens with one attached hydrogen (secondary N) is 1. The van der Waals surface area contributed by atoms with Crippen LogP contribution in [0.4, 0.5) is 26.3 Å². The normalized spacial score (nSPS) is 18.2. The van der Waals surface area contributed by atoms with Gasteiger partial charge in [-0.15, -0.1) is 12.4 Å². The molecule has 1 aromatic rings. The summed E-state index contributed by atoms with van der Waals surface area (Å²) in [7, 11) is 0. The quantitative estimate of drug-likeness (QED) is 0.836. The van der Waals surface area contributed by atoms with E-state index in [4.69, 9.17) is 0 Å². The first-order chi connectivity index (χ1) is 9.30. The van der Waals surface area contributed by atoms with Crippen LogP contribution in [0.2, 0.25) is 0 Å². The van der Waals surface area contributed by atoms with E-state index in [1.165, 1.54) is 0 Å². The summed E-state index contributed by atoms with van der Waals surface area (Å²) in [6.45, 7) is 0.578. The zero-order chi connectivity index (χ0) is 14.9. The third-order valence-electron chi connectivity index (χ3n) is 3.14. The number of nitrogens with zero attached hydrogens (tertiary/aromatic N) is 1. The first-order valence-electron chi connectivity index (χ1n) is 5.96. The molecule has 0 spiro atoms. The van der Waals surface area contributed by atoms with E-state index >= 15 is 0 Å². The van der Waals surface area contributed by atoms with Gasteiger partial charge in [0.15, 0.2) is 0 Å². The molecule has 9 heteroatoms. The highest BCUT2D eigenvalue weighted by Gasteiger charge is 2.47. The van der Waals surface area contributed by atoms with Crippen LogP contribution in [0.1, 0.15) is 11.6 Å². The van der Waals surface area contributed by atoms with Crippen LogP contribution in [0.5, 0.6) is 0 Å². The minimum absolute atomic E-state index is 0. The first-order valence-corrected chi connectivity index (χ1v) is 5.96. The van der Waals surface area contributed by atoms with Crippen molar-refractivity contribution in [2.24, 2.45) is 0 Å². The van der Waals surface area contributed by atoms with Gasteiger partial charge in [0.2, 0.25) is 0 Å². The number of hydrogen-bond donors (Lipinski definition) is 1. The Labute approximate surface area is 123 Å². The molecule has 0 bridgehead atoms. The molecule has 0 aromatic heterocycles. The molecule has 0 saturated carbocycles. The smallest absolute Gasteiger partial charge is 0.314 e. The molecular weight excluding hydrogens is 322 g/mol. The third-order valence-corrected chi connectivity index (χ3v) is 3.14. The second-order valence-corrected chi connectivity index (χ2v) is 4.51. The second kappa shape index (κ2) is 6.85. The molecule has 1 saturated heterocycles. The van der Waals surface area contributed by atoms with Gasteiger partial charge in [-0.05, 0) is 0 Å². The Morgan fingerprint density at radius 2 is 1.48 bits per heavy atom. The predicted octanol–water partition coefficient (Wildman–Crippen LogP) is 3.03. The van der Waals surface area contributed by atoms with E-state index in [9.17, 15) is 26.3 Å². The Kier molecular flexibility index (Phi) is 5.89. The van der Waals surface area contributed by atoms with Gasteiger partial charge in [-0.3, -0.25) is 4.90 Å². The molecule has 0 radical (unpaired) electrons. The summed E-state index contributed by atoms with van der Waals surface area (Å²) < 4.78 is 79.6. The fraction of sp³-hybridized carbons (Fsp3) is 0.500. The van der Waals surface area contributed by atoms with Crippen LogP contribution in [-0.2, 0) is 0 Å². The lowest BCUT2D eigenvalue weighted by molar-refractivity contribution is -0.189. The maximum atomic E-state index is 13.6. The third kappa shape index (κ3) is 4.02. The van der Waals surface area contributed by atoms with E-state index in [0.717, 1.165) is 4.90 Å². The fourth-order valence-electron chi connectivity index (χ4n) is 2.31. The lowest BCUT2D eigenvalue weighted by atomic mass is 10.0. The van der Waals surface area contributed by atoms with E-state index in [-0.39, 0.29) is 50.7 Å². The number of rotatable bonds is 2. The van der Waals surface area contributed by atoms with E-state index < -0.39 is 35.2 Å². The summed E-state index contributed by atoms with van der Waals surface area (Å²) in [4.78, 5) is 0.940. The summed E-state index contributed by atoms with van der Waals surface area (Å²) in [5, 5.41) is 2.85. The fourth-order valence-corrected chi connectivity index (χ4v) is 2.31. The van der Waals surface area contributed by atoms with Crippen LogP contribution in [0.3, 0.4) is 0 Å². The van der Waals surface area contributed by atoms with Crippen LogP contribution in [0.15, 0.2) is 12.1 Å². The average Bonchev–Trinajstić information content (AvgIpc) is 2.33. The van der Waals surface area contributed by atoms with Crippen LogP contribution in [-0.4, -0.2) is 37.3 Å². The summed E-state index contributed by atoms with van der Waals surface area (Å²) in [5.41, 5.74) is -1.15. The van der Waals surface area contributed by atoms with Crippen molar-refractivity contribution >= 4 is 12.4 Å². The molecule has 1 aliphatic rings. The first kappa shape index (κ1) is 18.1. The lowest BCUT2D eigenvalue weighted by Gasteiger charge is -2.36. The van der Waals surface area contributed by atoms with Gasteiger partial charge < -0.3 is 5.32 Å². The number of halogens is 7. The lowest BCUT2D eigenvalue weighted by Crippen LogP contribution is -2.49. The van der Waals surface area contributed by atoms with Gasteiger partial charge in [0.05, 0.1) is 5.56 Å². The minimum Gasteiger partial charge on any atom is -0.314 e. The highest BCUT2D eigenvalue weighted by atomic mass is 35.5. The van der Waals surface area contributed by atoms with Crippen LogP contribution >= 0.6 is 12.4 Å². The Balaban J connectivity index is 0.00000220. The molecule has 1 aliphatic heterocycles. The SMILES string of the molecule is Cl.Fc1cc(F)c([C@H](N2CCNCC2)C(F)(F)F)c(F)c1. The number of benzene rings is 1. The molecule has 0 unspecified atom stereocenters. The van der Waals surface area contributed by atoms with Crippen molar-refractivity contribution < 1.29 is 26.3 Å². The zero-order valence-corrected chi connectivity index (χ0v) is 11.5. The van der Waals surface area contributed by atoms with Gasteiger partial charge in [0, 0.05) is 38.3 Å².